The minimum atomic E-state index is -0.753. The third-order valence-corrected chi connectivity index (χ3v) is 6.00. The molecule has 0 saturated carbocycles. The molecule has 0 aromatic heterocycles. The summed E-state index contributed by atoms with van der Waals surface area (Å²) in [6, 6.07) is 9.39. The first-order valence-electron chi connectivity index (χ1n) is 10.9. The molecule has 1 saturated heterocycles. The fraction of sp³-hybridized carbons (Fsp3) is 0.360. The molecule has 176 valence electrons. The second-order valence-electron chi connectivity index (χ2n) is 7.74. The van der Waals surface area contributed by atoms with Crippen LogP contribution in [0, 0.1) is 0 Å². The number of amides is 1. The Bertz CT molecular complexity index is 1040. The van der Waals surface area contributed by atoms with E-state index in [0.717, 1.165) is 12.8 Å². The second-order valence-corrected chi connectivity index (χ2v) is 8.55. The number of unbranched alkanes of at least 4 members (excludes halogenated alkanes) is 1. The summed E-state index contributed by atoms with van der Waals surface area (Å²) < 4.78 is 10.9. The Kier molecular flexibility index (Phi) is 8.27. The van der Waals surface area contributed by atoms with Crippen molar-refractivity contribution >= 4 is 40.7 Å². The Hall–Kier alpha value is -2.70. The molecule has 1 aliphatic heterocycles. The van der Waals surface area contributed by atoms with Crippen LogP contribution in [0.1, 0.15) is 50.3 Å². The third-order valence-electron chi connectivity index (χ3n) is 5.44. The molecule has 33 heavy (non-hydrogen) atoms. The third kappa shape index (κ3) is 5.12. The Morgan fingerprint density at radius 1 is 1.06 bits per heavy atom. The lowest BCUT2D eigenvalue weighted by Crippen LogP contribution is -2.30. The minimum Gasteiger partial charge on any atom is -0.507 e. The number of ketones is 1. The van der Waals surface area contributed by atoms with Crippen LogP contribution < -0.4 is 9.47 Å². The summed E-state index contributed by atoms with van der Waals surface area (Å²) in [5.41, 5.74) is 0.910. The van der Waals surface area contributed by atoms with Gasteiger partial charge in [-0.15, -0.1) is 0 Å². The van der Waals surface area contributed by atoms with Gasteiger partial charge in [-0.3, -0.25) is 9.59 Å². The number of nitrogens with zero attached hydrogens (tertiary/aromatic N) is 1. The average Bonchev–Trinajstić information content (AvgIpc) is 3.04. The normalized spacial score (nSPS) is 17.5. The van der Waals surface area contributed by atoms with Crippen LogP contribution in [-0.4, -0.2) is 42.0 Å². The maximum Gasteiger partial charge on any atom is 0.295 e. The highest BCUT2D eigenvalue weighted by Gasteiger charge is 2.45. The van der Waals surface area contributed by atoms with E-state index in [2.05, 4.69) is 6.92 Å². The first-order valence-corrected chi connectivity index (χ1v) is 11.6. The lowest BCUT2D eigenvalue weighted by atomic mass is 9.95. The minimum absolute atomic E-state index is 0.00889. The number of ether oxygens (including phenoxy) is 2. The van der Waals surface area contributed by atoms with Crippen LogP contribution in [-0.2, 0) is 9.59 Å². The molecule has 0 aliphatic carbocycles. The summed E-state index contributed by atoms with van der Waals surface area (Å²) in [7, 11) is 1.43. The van der Waals surface area contributed by atoms with Crippen molar-refractivity contribution in [3.63, 3.8) is 0 Å². The largest absolute Gasteiger partial charge is 0.507 e. The van der Waals surface area contributed by atoms with Gasteiger partial charge in [0.15, 0.2) is 5.75 Å². The second kappa shape index (κ2) is 10.9. The van der Waals surface area contributed by atoms with E-state index in [1.807, 2.05) is 19.1 Å². The smallest absolute Gasteiger partial charge is 0.295 e. The number of hydrogen-bond donors (Lipinski definition) is 1. The van der Waals surface area contributed by atoms with Crippen molar-refractivity contribution in [3.05, 3.63) is 63.1 Å². The lowest BCUT2D eigenvalue weighted by molar-refractivity contribution is -0.139. The van der Waals surface area contributed by atoms with Crippen LogP contribution in [0.4, 0.5) is 0 Å². The summed E-state index contributed by atoms with van der Waals surface area (Å²) in [6.07, 6.45) is 2.64. The monoisotopic (exact) mass is 491 g/mol. The first kappa shape index (κ1) is 24.9. The van der Waals surface area contributed by atoms with E-state index in [1.54, 1.807) is 12.1 Å². The van der Waals surface area contributed by atoms with Gasteiger partial charge in [0.25, 0.3) is 11.7 Å². The zero-order chi connectivity index (χ0) is 24.1. The molecule has 0 radical (unpaired) electrons. The predicted octanol–water partition coefficient (Wildman–Crippen LogP) is 6.01. The molecule has 2 aromatic rings. The highest BCUT2D eigenvalue weighted by Crippen LogP contribution is 2.42. The molecule has 8 heteroatoms. The van der Waals surface area contributed by atoms with Crippen molar-refractivity contribution in [2.45, 2.75) is 39.2 Å². The lowest BCUT2D eigenvalue weighted by Gasteiger charge is -2.25. The quantitative estimate of drug-likeness (QED) is 0.201. The van der Waals surface area contributed by atoms with E-state index >= 15 is 0 Å². The molecule has 6 nitrogen and oxygen atoms in total. The number of methoxy groups -OCH3 is 1. The molecule has 0 spiro atoms. The topological polar surface area (TPSA) is 76.1 Å². The highest BCUT2D eigenvalue weighted by atomic mass is 35.5. The molecule has 1 unspecified atom stereocenters. The van der Waals surface area contributed by atoms with Gasteiger partial charge in [0.2, 0.25) is 0 Å². The maximum absolute atomic E-state index is 13.0. The molecule has 0 bridgehead atoms. The number of Topliss-reactive ketones (excluding diaryl/α,β-unsaturated/α-hetero) is 1. The van der Waals surface area contributed by atoms with Crippen LogP contribution in [0.5, 0.6) is 11.5 Å². The fourth-order valence-electron chi connectivity index (χ4n) is 3.83. The van der Waals surface area contributed by atoms with Gasteiger partial charge in [0, 0.05) is 12.1 Å². The van der Waals surface area contributed by atoms with Gasteiger partial charge in [-0.2, -0.15) is 0 Å². The number of rotatable bonds is 9. The number of aliphatic hydroxyl groups is 1. The number of halogens is 2. The standard InChI is InChI=1S/C25H27Cl2NO5/c1-4-6-12-33-17-9-7-15(8-10-17)21-20(23(30)25(31)28(21)11-5-2)22(29)16-13-18(26)24(32-3)19(27)14-16/h7-10,13-14,21,29H,4-6,11-12H2,1-3H3/b22-20+. The summed E-state index contributed by atoms with van der Waals surface area (Å²) in [5, 5.41) is 11.5. The molecule has 1 aliphatic rings. The molecular weight excluding hydrogens is 465 g/mol. The summed E-state index contributed by atoms with van der Waals surface area (Å²) in [6.45, 7) is 4.99. The van der Waals surface area contributed by atoms with Crippen molar-refractivity contribution in [2.75, 3.05) is 20.3 Å². The SMILES string of the molecule is CCCCOc1ccc(C2/C(=C(\O)c3cc(Cl)c(OC)c(Cl)c3)C(=O)C(=O)N2CCC)cc1. The molecule has 1 amide bonds. The summed E-state index contributed by atoms with van der Waals surface area (Å²) in [4.78, 5) is 27.3. The summed E-state index contributed by atoms with van der Waals surface area (Å²) >= 11 is 12.5. The molecular formula is C25H27Cl2NO5. The molecule has 1 fully saturated rings. The van der Waals surface area contributed by atoms with Crippen molar-refractivity contribution in [1.82, 2.24) is 4.90 Å². The number of aliphatic hydroxyl groups excluding tert-OH is 1. The maximum atomic E-state index is 13.0. The fourth-order valence-corrected chi connectivity index (χ4v) is 4.47. The Balaban J connectivity index is 2.08. The summed E-state index contributed by atoms with van der Waals surface area (Å²) in [5.74, 6) is -0.786. The van der Waals surface area contributed by atoms with Gasteiger partial charge in [0.1, 0.15) is 11.5 Å². The number of carbonyl (C=O) groups is 2. The van der Waals surface area contributed by atoms with Crippen LogP contribution >= 0.6 is 23.2 Å². The molecule has 3 rings (SSSR count). The molecule has 1 N–H and O–H groups in total. The van der Waals surface area contributed by atoms with Gasteiger partial charge in [0.05, 0.1) is 35.4 Å². The van der Waals surface area contributed by atoms with E-state index in [-0.39, 0.29) is 32.7 Å². The molecule has 1 atom stereocenters. The van der Waals surface area contributed by atoms with E-state index in [1.165, 1.54) is 24.1 Å². The van der Waals surface area contributed by atoms with E-state index in [4.69, 9.17) is 32.7 Å². The van der Waals surface area contributed by atoms with Crippen molar-refractivity contribution in [1.29, 1.82) is 0 Å². The zero-order valence-electron chi connectivity index (χ0n) is 18.9. The van der Waals surface area contributed by atoms with Gasteiger partial charge in [-0.25, -0.2) is 0 Å². The van der Waals surface area contributed by atoms with E-state index in [9.17, 15) is 14.7 Å². The van der Waals surface area contributed by atoms with E-state index in [0.29, 0.717) is 30.9 Å². The average molecular weight is 492 g/mol. The van der Waals surface area contributed by atoms with Crippen LogP contribution in [0.15, 0.2) is 42.0 Å². The Morgan fingerprint density at radius 3 is 2.24 bits per heavy atom. The van der Waals surface area contributed by atoms with Crippen LogP contribution in [0.3, 0.4) is 0 Å². The van der Waals surface area contributed by atoms with Gasteiger partial charge in [-0.05, 0) is 42.7 Å². The Morgan fingerprint density at radius 2 is 1.70 bits per heavy atom. The van der Waals surface area contributed by atoms with E-state index < -0.39 is 17.7 Å². The van der Waals surface area contributed by atoms with Gasteiger partial charge >= 0.3 is 0 Å². The van der Waals surface area contributed by atoms with Crippen LogP contribution in [0.25, 0.3) is 5.76 Å². The highest BCUT2D eigenvalue weighted by molar-refractivity contribution is 6.46. The Labute approximate surface area is 203 Å². The first-order chi connectivity index (χ1) is 15.8. The zero-order valence-corrected chi connectivity index (χ0v) is 20.4. The number of likely N-dealkylation sites (tertiary alicyclic amines) is 1. The number of hydrogen-bond acceptors (Lipinski definition) is 5. The number of carbonyl (C=O) groups excluding carboxylic acids is 2. The van der Waals surface area contributed by atoms with Crippen molar-refractivity contribution in [3.8, 4) is 11.5 Å². The molecule has 2 aromatic carbocycles. The van der Waals surface area contributed by atoms with Crippen molar-refractivity contribution in [2.24, 2.45) is 0 Å². The van der Waals surface area contributed by atoms with Gasteiger partial charge in [-0.1, -0.05) is 55.6 Å². The molecule has 1 heterocycles. The van der Waals surface area contributed by atoms with Gasteiger partial charge < -0.3 is 19.5 Å². The number of benzene rings is 2. The van der Waals surface area contributed by atoms with Crippen molar-refractivity contribution < 1.29 is 24.2 Å². The van der Waals surface area contributed by atoms with Crippen LogP contribution in [0.2, 0.25) is 10.0 Å². The predicted molar refractivity (Wildman–Crippen MR) is 129 cm³/mol.